The second kappa shape index (κ2) is 18.6. The van der Waals surface area contributed by atoms with Gasteiger partial charge in [0, 0.05) is 6.42 Å². The molecule has 5 nitrogen and oxygen atoms in total. The van der Waals surface area contributed by atoms with Gasteiger partial charge in [-0.1, -0.05) is 58.3 Å². The molecule has 0 heterocycles. The molecular weight excluding hydrogens is 328 g/mol. The molecule has 0 N–H and O–H groups in total. The van der Waals surface area contributed by atoms with E-state index in [1.165, 1.54) is 44.9 Å². The zero-order chi connectivity index (χ0) is 17.9. The third kappa shape index (κ3) is 17.6. The predicted octanol–water partition coefficient (Wildman–Crippen LogP) is 3.94. The second-order valence-electron chi connectivity index (χ2n) is 5.79. The molecule has 6 heteroatoms. The number of unbranched alkanes of at least 4 members (excludes halogenated alkanes) is 8. The van der Waals surface area contributed by atoms with Gasteiger partial charge < -0.3 is 14.2 Å². The zero-order valence-corrected chi connectivity index (χ0v) is 16.0. The maximum absolute atomic E-state index is 11.5. The Morgan fingerprint density at radius 3 is 1.75 bits per heavy atom. The molecule has 0 saturated carbocycles. The molecule has 0 rings (SSSR count). The van der Waals surface area contributed by atoms with Crippen molar-refractivity contribution in [2.45, 2.75) is 71.1 Å². The maximum Gasteiger partial charge on any atom is 0.315 e. The first-order valence-corrected chi connectivity index (χ1v) is 9.83. The summed E-state index contributed by atoms with van der Waals surface area (Å²) in [6.45, 7) is 3.30. The fourth-order valence-corrected chi connectivity index (χ4v) is 2.32. The Balaban J connectivity index is 3.20. The van der Waals surface area contributed by atoms with Crippen LogP contribution in [-0.4, -0.2) is 44.1 Å². The number of esters is 2. The standard InChI is InChI=1S/C18H34O5S/c1-2-3-4-5-6-7-8-9-10-11-17(19)22-14-12-21-13-15-23-18(20)16-24/h24H,2-16H2,1H3. The molecule has 0 amide bonds. The summed E-state index contributed by atoms with van der Waals surface area (Å²) in [7, 11) is 0. The van der Waals surface area contributed by atoms with Crippen molar-refractivity contribution >= 4 is 24.6 Å². The first-order valence-electron chi connectivity index (χ1n) is 9.20. The van der Waals surface area contributed by atoms with Crippen LogP contribution in [0.2, 0.25) is 0 Å². The summed E-state index contributed by atoms with van der Waals surface area (Å²) in [6, 6.07) is 0. The smallest absolute Gasteiger partial charge is 0.315 e. The topological polar surface area (TPSA) is 61.8 Å². The van der Waals surface area contributed by atoms with E-state index < -0.39 is 0 Å². The number of rotatable bonds is 17. The van der Waals surface area contributed by atoms with Crippen molar-refractivity contribution in [2.24, 2.45) is 0 Å². The molecule has 0 aliphatic rings. The van der Waals surface area contributed by atoms with Crippen molar-refractivity contribution in [2.75, 3.05) is 32.2 Å². The van der Waals surface area contributed by atoms with E-state index in [0.717, 1.165) is 12.8 Å². The molecule has 0 saturated heterocycles. The van der Waals surface area contributed by atoms with Gasteiger partial charge in [-0.05, 0) is 6.42 Å². The molecule has 0 aromatic rings. The lowest BCUT2D eigenvalue weighted by Crippen LogP contribution is -2.15. The third-order valence-corrected chi connectivity index (χ3v) is 3.85. The highest BCUT2D eigenvalue weighted by molar-refractivity contribution is 7.81. The summed E-state index contributed by atoms with van der Waals surface area (Å²) in [5, 5.41) is 0. The van der Waals surface area contributed by atoms with E-state index in [1.54, 1.807) is 0 Å². The van der Waals surface area contributed by atoms with Crippen LogP contribution in [0.25, 0.3) is 0 Å². The van der Waals surface area contributed by atoms with Gasteiger partial charge in [0.25, 0.3) is 0 Å². The average Bonchev–Trinajstić information content (AvgIpc) is 2.59. The van der Waals surface area contributed by atoms with Crippen molar-refractivity contribution in [3.63, 3.8) is 0 Å². The number of carbonyl (C=O) groups excluding carboxylic acids is 2. The Bertz CT molecular complexity index is 310. The molecule has 0 unspecified atom stereocenters. The van der Waals surface area contributed by atoms with E-state index in [1.807, 2.05) is 0 Å². The minimum Gasteiger partial charge on any atom is -0.463 e. The molecule has 0 aliphatic heterocycles. The van der Waals surface area contributed by atoms with E-state index in [2.05, 4.69) is 19.6 Å². The summed E-state index contributed by atoms with van der Waals surface area (Å²) >= 11 is 3.79. The monoisotopic (exact) mass is 362 g/mol. The first-order chi connectivity index (χ1) is 11.7. The van der Waals surface area contributed by atoms with Crippen molar-refractivity contribution in [3.8, 4) is 0 Å². The number of hydrogen-bond donors (Lipinski definition) is 1. The number of thiol groups is 1. The van der Waals surface area contributed by atoms with Crippen molar-refractivity contribution in [1.82, 2.24) is 0 Å². The quantitative estimate of drug-likeness (QED) is 0.241. The molecule has 24 heavy (non-hydrogen) atoms. The zero-order valence-electron chi connectivity index (χ0n) is 15.1. The van der Waals surface area contributed by atoms with Crippen molar-refractivity contribution in [1.29, 1.82) is 0 Å². The van der Waals surface area contributed by atoms with Crippen LogP contribution in [0.5, 0.6) is 0 Å². The van der Waals surface area contributed by atoms with Crippen LogP contribution in [0.1, 0.15) is 71.1 Å². The van der Waals surface area contributed by atoms with Crippen LogP contribution in [0, 0.1) is 0 Å². The van der Waals surface area contributed by atoms with Gasteiger partial charge in [-0.15, -0.1) is 0 Å². The Kier molecular flexibility index (Phi) is 18.0. The molecule has 0 aliphatic carbocycles. The third-order valence-electron chi connectivity index (χ3n) is 3.59. The Morgan fingerprint density at radius 1 is 0.708 bits per heavy atom. The summed E-state index contributed by atoms with van der Waals surface area (Å²) < 4.78 is 15.1. The van der Waals surface area contributed by atoms with Gasteiger partial charge in [0.2, 0.25) is 0 Å². The van der Waals surface area contributed by atoms with Gasteiger partial charge in [-0.25, -0.2) is 0 Å². The maximum atomic E-state index is 11.5. The van der Waals surface area contributed by atoms with Gasteiger partial charge in [0.1, 0.15) is 13.2 Å². The van der Waals surface area contributed by atoms with Crippen LogP contribution in [-0.2, 0) is 23.8 Å². The highest BCUT2D eigenvalue weighted by Gasteiger charge is 2.03. The van der Waals surface area contributed by atoms with Gasteiger partial charge in [0.05, 0.1) is 19.0 Å². The van der Waals surface area contributed by atoms with E-state index >= 15 is 0 Å². The fraction of sp³-hybridized carbons (Fsp3) is 0.889. The summed E-state index contributed by atoms with van der Waals surface area (Å²) in [5.41, 5.74) is 0. The largest absolute Gasteiger partial charge is 0.463 e. The van der Waals surface area contributed by atoms with E-state index in [9.17, 15) is 9.59 Å². The SMILES string of the molecule is CCCCCCCCCCCC(=O)OCCOCCOC(=O)CS. The highest BCUT2D eigenvalue weighted by Crippen LogP contribution is 2.10. The average molecular weight is 363 g/mol. The minimum absolute atomic E-state index is 0.0659. The van der Waals surface area contributed by atoms with E-state index in [0.29, 0.717) is 19.6 Å². The number of ether oxygens (including phenoxy) is 3. The lowest BCUT2D eigenvalue weighted by molar-refractivity contribution is -0.145. The van der Waals surface area contributed by atoms with Crippen LogP contribution in [0.4, 0.5) is 0 Å². The van der Waals surface area contributed by atoms with Gasteiger partial charge in [-0.2, -0.15) is 12.6 Å². The van der Waals surface area contributed by atoms with Crippen molar-refractivity contribution < 1.29 is 23.8 Å². The molecule has 0 spiro atoms. The van der Waals surface area contributed by atoms with E-state index in [-0.39, 0.29) is 30.9 Å². The predicted molar refractivity (Wildman–Crippen MR) is 98.4 cm³/mol. The Morgan fingerprint density at radius 2 is 1.21 bits per heavy atom. The first kappa shape index (κ1) is 23.2. The van der Waals surface area contributed by atoms with Gasteiger partial charge >= 0.3 is 11.9 Å². The molecular formula is C18H34O5S. The van der Waals surface area contributed by atoms with Crippen LogP contribution in [0.3, 0.4) is 0 Å². The van der Waals surface area contributed by atoms with Crippen molar-refractivity contribution in [3.05, 3.63) is 0 Å². The number of carbonyl (C=O) groups is 2. The van der Waals surface area contributed by atoms with Gasteiger partial charge in [0.15, 0.2) is 0 Å². The lowest BCUT2D eigenvalue weighted by atomic mass is 10.1. The van der Waals surface area contributed by atoms with Crippen LogP contribution in [0.15, 0.2) is 0 Å². The van der Waals surface area contributed by atoms with Gasteiger partial charge in [-0.3, -0.25) is 9.59 Å². The summed E-state index contributed by atoms with van der Waals surface area (Å²) in [6.07, 6.45) is 11.6. The van der Waals surface area contributed by atoms with Crippen LogP contribution >= 0.6 is 12.6 Å². The van der Waals surface area contributed by atoms with E-state index in [4.69, 9.17) is 14.2 Å². The summed E-state index contributed by atoms with van der Waals surface area (Å²) in [5.74, 6) is -0.464. The number of hydrogen-bond acceptors (Lipinski definition) is 6. The van der Waals surface area contributed by atoms with Crippen LogP contribution < -0.4 is 0 Å². The fourth-order valence-electron chi connectivity index (χ4n) is 2.23. The molecule has 0 atom stereocenters. The summed E-state index contributed by atoms with van der Waals surface area (Å²) in [4.78, 5) is 22.3. The minimum atomic E-state index is -0.366. The molecule has 0 fully saturated rings. The second-order valence-corrected chi connectivity index (χ2v) is 6.11. The molecule has 0 aromatic carbocycles. The lowest BCUT2D eigenvalue weighted by Gasteiger charge is -2.07. The highest BCUT2D eigenvalue weighted by atomic mass is 32.1. The Labute approximate surface area is 152 Å². The molecule has 142 valence electrons. The molecule has 0 bridgehead atoms. The Hall–Kier alpha value is -0.750. The molecule has 0 radical (unpaired) electrons. The molecule has 0 aromatic heterocycles. The normalized spacial score (nSPS) is 10.6.